The third-order valence-corrected chi connectivity index (χ3v) is 5.07. The predicted octanol–water partition coefficient (Wildman–Crippen LogP) is 2.86. The van der Waals surface area contributed by atoms with Crippen LogP contribution in [0.1, 0.15) is 5.56 Å². The monoisotopic (exact) mass is 427 g/mol. The van der Waals surface area contributed by atoms with E-state index in [1.54, 1.807) is 55.9 Å². The van der Waals surface area contributed by atoms with Gasteiger partial charge in [0.15, 0.2) is 0 Å². The Kier molecular flexibility index (Phi) is 4.83. The summed E-state index contributed by atoms with van der Waals surface area (Å²) in [5, 5.41) is 4.36. The summed E-state index contributed by atoms with van der Waals surface area (Å²) in [6, 6.07) is 15.8. The van der Waals surface area contributed by atoms with E-state index in [9.17, 15) is 9.59 Å². The summed E-state index contributed by atoms with van der Waals surface area (Å²) in [4.78, 5) is 36.8. The van der Waals surface area contributed by atoms with Crippen molar-refractivity contribution in [1.82, 2.24) is 24.7 Å². The number of aromatic nitrogens is 5. The van der Waals surface area contributed by atoms with Gasteiger partial charge in [0.1, 0.15) is 5.75 Å². The number of methoxy groups -OCH3 is 1. The lowest BCUT2D eigenvalue weighted by Gasteiger charge is -2.08. The number of benzene rings is 2. The van der Waals surface area contributed by atoms with Gasteiger partial charge in [-0.15, -0.1) is 0 Å². The second-order valence-electron chi connectivity index (χ2n) is 7.09. The molecule has 5 aromatic rings. The minimum atomic E-state index is -0.503. The number of nitrogens with one attached hydrogen (secondary N) is 1. The van der Waals surface area contributed by atoms with E-state index in [-0.39, 0.29) is 18.0 Å². The average molecular weight is 427 g/mol. The Morgan fingerprint density at radius 1 is 1.06 bits per heavy atom. The summed E-state index contributed by atoms with van der Waals surface area (Å²) >= 11 is 0. The maximum Gasteiger partial charge on any atom is 0.329 e. The van der Waals surface area contributed by atoms with Crippen LogP contribution in [0.4, 0.5) is 0 Å². The summed E-state index contributed by atoms with van der Waals surface area (Å²) in [6.45, 7) is 0.147. The molecule has 0 radical (unpaired) electrons. The largest absolute Gasteiger partial charge is 0.497 e. The molecule has 0 amide bonds. The van der Waals surface area contributed by atoms with Crippen LogP contribution < -0.4 is 16.0 Å². The third-order valence-electron chi connectivity index (χ3n) is 5.07. The SMILES string of the molecule is COc1ccc(Cn2c(=O)[nH]c3cc(-c4nc(-c5cccnc5)no4)ccc3c2=O)cc1. The number of hydrogen-bond donors (Lipinski definition) is 1. The lowest BCUT2D eigenvalue weighted by Crippen LogP contribution is -2.35. The first kappa shape index (κ1) is 19.4. The van der Waals surface area contributed by atoms with Crippen molar-refractivity contribution in [2.45, 2.75) is 6.54 Å². The summed E-state index contributed by atoms with van der Waals surface area (Å²) in [7, 11) is 1.58. The van der Waals surface area contributed by atoms with Crippen LogP contribution in [-0.2, 0) is 6.54 Å². The highest BCUT2D eigenvalue weighted by Crippen LogP contribution is 2.23. The summed E-state index contributed by atoms with van der Waals surface area (Å²) < 4.78 is 11.7. The zero-order valence-electron chi connectivity index (χ0n) is 17.0. The van der Waals surface area contributed by atoms with Crippen LogP contribution in [0.3, 0.4) is 0 Å². The number of aromatic amines is 1. The van der Waals surface area contributed by atoms with Crippen LogP contribution in [0, 0.1) is 0 Å². The smallest absolute Gasteiger partial charge is 0.329 e. The molecular weight excluding hydrogens is 410 g/mol. The van der Waals surface area contributed by atoms with Crippen molar-refractivity contribution >= 4 is 10.9 Å². The Balaban J connectivity index is 1.50. The minimum Gasteiger partial charge on any atom is -0.497 e. The van der Waals surface area contributed by atoms with Crippen LogP contribution in [0.15, 0.2) is 81.1 Å². The van der Waals surface area contributed by atoms with E-state index in [1.165, 1.54) is 0 Å². The van der Waals surface area contributed by atoms with E-state index in [0.29, 0.717) is 28.0 Å². The van der Waals surface area contributed by atoms with Gasteiger partial charge in [-0.3, -0.25) is 14.3 Å². The number of H-pyrrole nitrogens is 1. The average Bonchev–Trinajstić information content (AvgIpc) is 3.33. The number of ether oxygens (including phenoxy) is 1. The second-order valence-corrected chi connectivity index (χ2v) is 7.09. The van der Waals surface area contributed by atoms with E-state index in [0.717, 1.165) is 15.7 Å². The molecule has 0 bridgehead atoms. The maximum absolute atomic E-state index is 13.0. The van der Waals surface area contributed by atoms with E-state index in [2.05, 4.69) is 20.1 Å². The molecule has 0 aliphatic heterocycles. The number of rotatable bonds is 5. The number of pyridine rings is 1. The van der Waals surface area contributed by atoms with Gasteiger partial charge in [0.25, 0.3) is 11.4 Å². The number of fused-ring (bicyclic) bond motifs is 1. The van der Waals surface area contributed by atoms with E-state index in [4.69, 9.17) is 9.26 Å². The van der Waals surface area contributed by atoms with Gasteiger partial charge >= 0.3 is 5.69 Å². The Morgan fingerprint density at radius 2 is 1.91 bits per heavy atom. The molecule has 32 heavy (non-hydrogen) atoms. The van der Waals surface area contributed by atoms with Crippen LogP contribution in [0.25, 0.3) is 33.7 Å². The Morgan fingerprint density at radius 3 is 2.66 bits per heavy atom. The van der Waals surface area contributed by atoms with Gasteiger partial charge in [0.2, 0.25) is 5.82 Å². The van der Waals surface area contributed by atoms with E-state index < -0.39 is 5.69 Å². The number of hydrogen-bond acceptors (Lipinski definition) is 7. The summed E-state index contributed by atoms with van der Waals surface area (Å²) in [6.07, 6.45) is 3.30. The number of nitrogens with zero attached hydrogens (tertiary/aromatic N) is 4. The lowest BCUT2D eigenvalue weighted by molar-refractivity contribution is 0.414. The van der Waals surface area contributed by atoms with E-state index >= 15 is 0 Å². The normalized spacial score (nSPS) is 11.0. The Bertz CT molecular complexity index is 1520. The molecule has 1 N–H and O–H groups in total. The van der Waals surface area contributed by atoms with Gasteiger partial charge in [0.05, 0.1) is 24.6 Å². The van der Waals surface area contributed by atoms with Gasteiger partial charge in [-0.05, 0) is 48.0 Å². The van der Waals surface area contributed by atoms with Crippen molar-refractivity contribution in [2.24, 2.45) is 0 Å². The van der Waals surface area contributed by atoms with Gasteiger partial charge in [-0.2, -0.15) is 4.98 Å². The molecule has 0 atom stereocenters. The van der Waals surface area contributed by atoms with Crippen molar-refractivity contribution in [3.8, 4) is 28.6 Å². The molecule has 3 aromatic heterocycles. The van der Waals surface area contributed by atoms with Crippen LogP contribution >= 0.6 is 0 Å². The zero-order valence-corrected chi connectivity index (χ0v) is 17.0. The Hall–Kier alpha value is -4.53. The molecule has 9 heteroatoms. The Labute approximate surface area is 181 Å². The fourth-order valence-electron chi connectivity index (χ4n) is 3.40. The molecule has 9 nitrogen and oxygen atoms in total. The highest BCUT2D eigenvalue weighted by Gasteiger charge is 2.14. The summed E-state index contributed by atoms with van der Waals surface area (Å²) in [5.41, 5.74) is 1.62. The third kappa shape index (κ3) is 3.56. The van der Waals surface area contributed by atoms with Gasteiger partial charge in [-0.25, -0.2) is 4.79 Å². The quantitative estimate of drug-likeness (QED) is 0.458. The molecule has 0 spiro atoms. The van der Waals surface area contributed by atoms with Crippen LogP contribution in [0.2, 0.25) is 0 Å². The topological polar surface area (TPSA) is 116 Å². The van der Waals surface area contributed by atoms with E-state index in [1.807, 2.05) is 18.2 Å². The molecular formula is C23H17N5O4. The highest BCUT2D eigenvalue weighted by molar-refractivity contribution is 5.82. The molecule has 158 valence electrons. The molecule has 0 unspecified atom stereocenters. The first-order chi connectivity index (χ1) is 15.6. The first-order valence-corrected chi connectivity index (χ1v) is 9.76. The molecule has 0 aliphatic rings. The lowest BCUT2D eigenvalue weighted by atomic mass is 10.1. The molecule has 2 aromatic carbocycles. The highest BCUT2D eigenvalue weighted by atomic mass is 16.5. The van der Waals surface area contributed by atoms with Crippen LogP contribution in [0.5, 0.6) is 5.75 Å². The molecule has 5 rings (SSSR count). The van der Waals surface area contributed by atoms with Gasteiger partial charge in [-0.1, -0.05) is 17.3 Å². The fraction of sp³-hybridized carbons (Fsp3) is 0.0870. The zero-order chi connectivity index (χ0) is 22.1. The molecule has 0 aliphatic carbocycles. The van der Waals surface area contributed by atoms with Crippen molar-refractivity contribution < 1.29 is 9.26 Å². The van der Waals surface area contributed by atoms with Gasteiger partial charge < -0.3 is 14.2 Å². The predicted molar refractivity (Wildman–Crippen MR) is 117 cm³/mol. The van der Waals surface area contributed by atoms with Crippen LogP contribution in [-0.4, -0.2) is 31.8 Å². The molecule has 0 saturated heterocycles. The summed E-state index contributed by atoms with van der Waals surface area (Å²) in [5.74, 6) is 1.37. The second kappa shape index (κ2) is 7.95. The van der Waals surface area contributed by atoms with Crippen molar-refractivity contribution in [3.63, 3.8) is 0 Å². The molecule has 0 fully saturated rings. The first-order valence-electron chi connectivity index (χ1n) is 9.76. The van der Waals surface area contributed by atoms with Crippen molar-refractivity contribution in [3.05, 3.63) is 93.4 Å². The fourth-order valence-corrected chi connectivity index (χ4v) is 3.40. The molecule has 3 heterocycles. The molecule has 0 saturated carbocycles. The van der Waals surface area contributed by atoms with Gasteiger partial charge in [0, 0.05) is 23.5 Å². The van der Waals surface area contributed by atoms with Crippen molar-refractivity contribution in [2.75, 3.05) is 7.11 Å². The standard InChI is InChI=1S/C23H17N5O4/c1-31-17-7-4-14(5-8-17)13-28-22(29)18-9-6-15(11-19(18)25-23(28)30)21-26-20(27-32-21)16-3-2-10-24-12-16/h2-12H,13H2,1H3,(H,25,30). The van der Waals surface area contributed by atoms with Crippen molar-refractivity contribution in [1.29, 1.82) is 0 Å². The maximum atomic E-state index is 13.0. The minimum absolute atomic E-state index is 0.147.